The zero-order valence-corrected chi connectivity index (χ0v) is 16.3. The average molecular weight is 446 g/mol. The maximum absolute atomic E-state index is 11.4. The molecule has 0 radical (unpaired) electrons. The zero-order valence-electron chi connectivity index (χ0n) is 13.7. The number of rotatable bonds is 4. The molecule has 1 aromatic heterocycles. The lowest BCUT2D eigenvalue weighted by Crippen LogP contribution is -2.45. The third-order valence-corrected chi connectivity index (χ3v) is 6.27. The van der Waals surface area contributed by atoms with E-state index in [1.165, 1.54) is 6.17 Å². The van der Waals surface area contributed by atoms with E-state index < -0.39 is 39.1 Å². The fraction of sp³-hybridized carbons (Fsp3) is 0.545. The number of nitrogens with zero attached hydrogens (tertiary/aromatic N) is 2. The summed E-state index contributed by atoms with van der Waals surface area (Å²) in [4.78, 5) is 0. The monoisotopic (exact) mass is 446 g/mol. The van der Waals surface area contributed by atoms with Crippen molar-refractivity contribution >= 4 is 28.1 Å². The van der Waals surface area contributed by atoms with Gasteiger partial charge in [0, 0.05) is 12.1 Å². The first-order chi connectivity index (χ1) is 11.3. The molecule has 0 bridgehead atoms. The van der Waals surface area contributed by atoms with Crippen LogP contribution in [0.25, 0.3) is 4.13 Å². The van der Waals surface area contributed by atoms with Gasteiger partial charge in [0.1, 0.15) is 14.2 Å². The fourth-order valence-corrected chi connectivity index (χ4v) is 4.32. The van der Waals surface area contributed by atoms with Crippen molar-refractivity contribution in [3.8, 4) is 0 Å². The van der Waals surface area contributed by atoms with Crippen LogP contribution in [0.4, 0.5) is 26.3 Å². The molecule has 152 valence electrons. The van der Waals surface area contributed by atoms with E-state index in [2.05, 4.69) is 54.8 Å². The van der Waals surface area contributed by atoms with Crippen LogP contribution in [0.2, 0.25) is 19.6 Å². The molecule has 1 heterocycles. The van der Waals surface area contributed by atoms with E-state index in [1.807, 2.05) is 0 Å². The van der Waals surface area contributed by atoms with Gasteiger partial charge in [0.25, 0.3) is 0 Å². The molecule has 0 saturated heterocycles. The van der Waals surface area contributed by atoms with Gasteiger partial charge in [-0.15, -0.1) is 0 Å². The highest BCUT2D eigenvalue weighted by Crippen LogP contribution is 2.36. The number of halogens is 6. The van der Waals surface area contributed by atoms with Crippen molar-refractivity contribution in [1.29, 1.82) is 0 Å². The molecule has 0 amide bonds. The third-order valence-electron chi connectivity index (χ3n) is 2.22. The molecular formula is C11H16F6N2O4S2Si. The summed E-state index contributed by atoms with van der Waals surface area (Å²) in [5.41, 5.74) is -12.4. The quantitative estimate of drug-likeness (QED) is 0.404. The first-order valence-corrected chi connectivity index (χ1v) is 13.2. The van der Waals surface area contributed by atoms with Crippen molar-refractivity contribution in [2.24, 2.45) is 0 Å². The maximum Gasteiger partial charge on any atom is 0.480 e. The zero-order chi connectivity index (χ0) is 21.0. The van der Waals surface area contributed by atoms with Crippen LogP contribution >= 0.6 is 0 Å². The minimum absolute atomic E-state index is 0.778. The van der Waals surface area contributed by atoms with Crippen LogP contribution in [0.1, 0.15) is 0 Å². The molecule has 0 aromatic carbocycles. The van der Waals surface area contributed by atoms with Crippen LogP contribution in [0, 0.1) is 0 Å². The van der Waals surface area contributed by atoms with Crippen LogP contribution < -0.4 is 4.57 Å². The van der Waals surface area contributed by atoms with Gasteiger partial charge in [0.2, 0.25) is 0 Å². The van der Waals surface area contributed by atoms with Crippen LogP contribution in [-0.2, 0) is 26.2 Å². The molecule has 26 heavy (non-hydrogen) atoms. The predicted octanol–water partition coefficient (Wildman–Crippen LogP) is 2.91. The van der Waals surface area contributed by atoms with Gasteiger partial charge in [-0.2, -0.15) is 26.3 Å². The lowest BCUT2D eigenvalue weighted by atomic mass is 10.5. The van der Waals surface area contributed by atoms with E-state index in [-0.39, 0.29) is 0 Å². The van der Waals surface area contributed by atoms with Crippen molar-refractivity contribution in [2.45, 2.75) is 36.8 Å². The Morgan fingerprint density at radius 3 is 1.42 bits per heavy atom. The number of pyridine rings is 1. The standard InChI is InChI=1S/C9H16NSi.C2F6NO4S2/c1-11(2,3)9-10-7-5-4-6-8-10;3-1(4,5)14(10,11)9-15(12,13)2(6,7)8/h4-8H,9H2,1-3H3;/q+1;-1. The summed E-state index contributed by atoms with van der Waals surface area (Å²) in [7, 11) is -14.4. The highest BCUT2D eigenvalue weighted by molar-refractivity contribution is 8.13. The van der Waals surface area contributed by atoms with Gasteiger partial charge in [-0.3, -0.25) is 0 Å². The van der Waals surface area contributed by atoms with Crippen molar-refractivity contribution < 1.29 is 47.7 Å². The minimum Gasteiger partial charge on any atom is -0.421 e. The largest absolute Gasteiger partial charge is 0.480 e. The van der Waals surface area contributed by atoms with Gasteiger partial charge >= 0.3 is 11.0 Å². The van der Waals surface area contributed by atoms with Gasteiger partial charge in [0.05, 0.1) is 0 Å². The van der Waals surface area contributed by atoms with Crippen LogP contribution in [0.15, 0.2) is 30.6 Å². The molecule has 0 unspecified atom stereocenters. The summed E-state index contributed by atoms with van der Waals surface area (Å²) in [5.74, 6) is 0. The summed E-state index contributed by atoms with van der Waals surface area (Å²) < 4.78 is 111. The van der Waals surface area contributed by atoms with Crippen molar-refractivity contribution in [2.75, 3.05) is 0 Å². The summed E-state index contributed by atoms with van der Waals surface area (Å²) in [5, 5.41) is 0. The van der Waals surface area contributed by atoms with Gasteiger partial charge in [-0.25, -0.2) is 21.4 Å². The summed E-state index contributed by atoms with van der Waals surface area (Å²) in [6.07, 6.45) is 5.49. The molecule has 0 aliphatic carbocycles. The Morgan fingerprint density at radius 2 is 1.15 bits per heavy atom. The van der Waals surface area contributed by atoms with Gasteiger partial charge in [-0.1, -0.05) is 25.7 Å². The molecule has 0 aliphatic rings. The van der Waals surface area contributed by atoms with E-state index in [0.29, 0.717) is 0 Å². The first kappa shape index (κ1) is 24.8. The number of alkyl halides is 6. The van der Waals surface area contributed by atoms with Gasteiger partial charge in [-0.05, 0) is 0 Å². The Bertz CT molecular complexity index is 745. The maximum atomic E-state index is 11.4. The number of sulfonamides is 2. The Kier molecular flexibility index (Phi) is 7.85. The minimum atomic E-state index is -6.72. The highest BCUT2D eigenvalue weighted by Gasteiger charge is 2.46. The van der Waals surface area contributed by atoms with E-state index in [1.54, 1.807) is 0 Å². The predicted molar refractivity (Wildman–Crippen MR) is 83.3 cm³/mol. The topological polar surface area (TPSA) is 86.3 Å². The Hall–Kier alpha value is -1.19. The molecule has 1 aromatic rings. The summed E-state index contributed by atoms with van der Waals surface area (Å²) in [6.45, 7) is 7.15. The lowest BCUT2D eigenvalue weighted by molar-refractivity contribution is -0.680. The van der Waals surface area contributed by atoms with Gasteiger partial charge < -0.3 is 4.13 Å². The van der Waals surface area contributed by atoms with E-state index in [0.717, 1.165) is 4.13 Å². The molecule has 1 rings (SSSR count). The normalized spacial score (nSPS) is 13.7. The van der Waals surface area contributed by atoms with Crippen molar-refractivity contribution in [3.63, 3.8) is 0 Å². The second-order valence-corrected chi connectivity index (χ2v) is 14.9. The molecule has 0 spiro atoms. The average Bonchev–Trinajstić information content (AvgIpc) is 2.34. The molecule has 15 heteroatoms. The molecule has 0 saturated carbocycles. The van der Waals surface area contributed by atoms with E-state index in [4.69, 9.17) is 0 Å². The number of hydrogen-bond acceptors (Lipinski definition) is 4. The Balaban J connectivity index is 0.000000502. The van der Waals surface area contributed by atoms with Crippen LogP contribution in [0.3, 0.4) is 0 Å². The molecule has 0 fully saturated rings. The molecule has 0 atom stereocenters. The second-order valence-electron chi connectivity index (χ2n) is 6.02. The molecule has 0 N–H and O–H groups in total. The van der Waals surface area contributed by atoms with Gasteiger partial charge in [0.15, 0.2) is 32.4 Å². The Labute approximate surface area is 148 Å². The number of aromatic nitrogens is 1. The van der Waals surface area contributed by atoms with Crippen molar-refractivity contribution in [3.05, 3.63) is 34.7 Å². The Morgan fingerprint density at radius 1 is 0.808 bits per heavy atom. The van der Waals surface area contributed by atoms with Crippen LogP contribution in [0.5, 0.6) is 0 Å². The first-order valence-electron chi connectivity index (χ1n) is 6.59. The smallest absolute Gasteiger partial charge is 0.421 e. The molecule has 0 aliphatic heterocycles. The fourth-order valence-electron chi connectivity index (χ4n) is 1.30. The number of hydrogen-bond donors (Lipinski definition) is 0. The lowest BCUT2D eigenvalue weighted by Gasteiger charge is -2.22. The molecular weight excluding hydrogens is 430 g/mol. The van der Waals surface area contributed by atoms with E-state index in [9.17, 15) is 43.2 Å². The van der Waals surface area contributed by atoms with Crippen LogP contribution in [-0.4, -0.2) is 35.9 Å². The second kappa shape index (κ2) is 8.22. The molecule has 6 nitrogen and oxygen atoms in total. The van der Waals surface area contributed by atoms with Crippen molar-refractivity contribution in [1.82, 2.24) is 0 Å². The summed E-state index contributed by atoms with van der Waals surface area (Å²) >= 11 is 0. The summed E-state index contributed by atoms with van der Waals surface area (Å²) in [6, 6.07) is 6.22. The SMILES string of the molecule is C[Si](C)(C)C[n+]1ccccc1.O=S(=O)([N-]S(=O)(=O)C(F)(F)F)C(F)(F)F. The van der Waals surface area contributed by atoms with E-state index >= 15 is 0 Å². The highest BCUT2D eigenvalue weighted by atomic mass is 32.3. The third kappa shape index (κ3) is 8.46.